The predicted molar refractivity (Wildman–Crippen MR) is 88.0 cm³/mol. The molecular weight excluding hydrogens is 308 g/mol. The van der Waals surface area contributed by atoms with E-state index in [9.17, 15) is 14.4 Å². The third-order valence-electron chi connectivity index (χ3n) is 5.30. The van der Waals surface area contributed by atoms with E-state index in [0.29, 0.717) is 19.4 Å². The molecule has 130 valence electrons. The molecule has 0 radical (unpaired) electrons. The van der Waals surface area contributed by atoms with E-state index < -0.39 is 11.6 Å². The Morgan fingerprint density at radius 3 is 2.67 bits per heavy atom. The Balaban J connectivity index is 1.73. The summed E-state index contributed by atoms with van der Waals surface area (Å²) in [6.07, 6.45) is 4.69. The van der Waals surface area contributed by atoms with Crippen LogP contribution in [0.5, 0.6) is 0 Å². The second-order valence-corrected chi connectivity index (χ2v) is 6.48. The summed E-state index contributed by atoms with van der Waals surface area (Å²) >= 11 is 0. The highest BCUT2D eigenvalue weighted by Crippen LogP contribution is 2.31. The molecule has 2 N–H and O–H groups in total. The number of carbonyl (C=O) groups excluding carboxylic acids is 3. The third-order valence-corrected chi connectivity index (χ3v) is 5.30. The van der Waals surface area contributed by atoms with Gasteiger partial charge in [0.2, 0.25) is 5.91 Å². The van der Waals surface area contributed by atoms with E-state index >= 15 is 0 Å². The number of carbonyl (C=O) groups is 3. The van der Waals surface area contributed by atoms with Crippen molar-refractivity contribution in [1.82, 2.24) is 20.1 Å². The Hall–Kier alpha value is -2.31. The molecule has 2 aliphatic rings. The van der Waals surface area contributed by atoms with Gasteiger partial charge in [-0.2, -0.15) is 0 Å². The molecule has 1 atom stereocenters. The summed E-state index contributed by atoms with van der Waals surface area (Å²) in [5, 5.41) is 2.76. The van der Waals surface area contributed by atoms with Gasteiger partial charge >= 0.3 is 6.03 Å². The molecule has 3 rings (SSSR count). The lowest BCUT2D eigenvalue weighted by molar-refractivity contribution is -0.139. The number of rotatable bonds is 5. The van der Waals surface area contributed by atoms with Crippen LogP contribution >= 0.6 is 0 Å². The Morgan fingerprint density at radius 2 is 2.08 bits per heavy atom. The molecule has 1 aromatic heterocycles. The number of aromatic amines is 1. The average Bonchev–Trinajstić information content (AvgIpc) is 3.30. The number of likely N-dealkylation sites (tertiary alicyclic amines) is 1. The van der Waals surface area contributed by atoms with Gasteiger partial charge in [-0.1, -0.05) is 13.8 Å². The highest BCUT2D eigenvalue weighted by Gasteiger charge is 2.49. The lowest BCUT2D eigenvalue weighted by Crippen LogP contribution is -2.47. The number of urea groups is 1. The van der Waals surface area contributed by atoms with E-state index in [1.54, 1.807) is 4.90 Å². The van der Waals surface area contributed by atoms with Crippen LogP contribution in [0.15, 0.2) is 18.3 Å². The number of hydrogen-bond acceptors (Lipinski definition) is 3. The molecule has 0 bridgehead atoms. The molecule has 7 nitrogen and oxygen atoms in total. The molecule has 0 saturated carbocycles. The van der Waals surface area contributed by atoms with E-state index in [4.69, 9.17) is 0 Å². The first-order chi connectivity index (χ1) is 11.5. The van der Waals surface area contributed by atoms with Crippen LogP contribution in [0.1, 0.15) is 51.3 Å². The van der Waals surface area contributed by atoms with Crippen LogP contribution in [-0.2, 0) is 9.59 Å². The Morgan fingerprint density at radius 1 is 1.33 bits per heavy atom. The summed E-state index contributed by atoms with van der Waals surface area (Å²) in [4.78, 5) is 43.5. The van der Waals surface area contributed by atoms with Crippen molar-refractivity contribution >= 4 is 17.8 Å². The molecule has 3 heterocycles. The molecule has 0 unspecified atom stereocenters. The van der Waals surface area contributed by atoms with Crippen LogP contribution in [0.25, 0.3) is 0 Å². The van der Waals surface area contributed by atoms with E-state index in [0.717, 1.165) is 23.4 Å². The third kappa shape index (κ3) is 2.57. The minimum absolute atomic E-state index is 0.00428. The number of H-pyrrole nitrogens is 1. The molecule has 1 aromatic rings. The summed E-state index contributed by atoms with van der Waals surface area (Å²) in [5.41, 5.74) is 0.135. The maximum Gasteiger partial charge on any atom is 0.325 e. The molecule has 2 saturated heterocycles. The number of hydrogen-bond donors (Lipinski definition) is 2. The quantitative estimate of drug-likeness (QED) is 0.806. The molecule has 7 heteroatoms. The van der Waals surface area contributed by atoms with E-state index in [-0.39, 0.29) is 24.4 Å². The number of nitrogens with one attached hydrogen (secondary N) is 2. The van der Waals surface area contributed by atoms with Gasteiger partial charge in [0, 0.05) is 18.4 Å². The molecule has 24 heavy (non-hydrogen) atoms. The van der Waals surface area contributed by atoms with Gasteiger partial charge in [0.15, 0.2) is 0 Å². The minimum Gasteiger partial charge on any atom is -0.363 e. The van der Waals surface area contributed by atoms with Gasteiger partial charge in [-0.25, -0.2) is 4.79 Å². The van der Waals surface area contributed by atoms with Crippen LogP contribution in [0.3, 0.4) is 0 Å². The fourth-order valence-corrected chi connectivity index (χ4v) is 3.72. The van der Waals surface area contributed by atoms with Crippen molar-refractivity contribution in [3.05, 3.63) is 24.0 Å². The van der Waals surface area contributed by atoms with Crippen molar-refractivity contribution < 1.29 is 14.4 Å². The monoisotopic (exact) mass is 332 g/mol. The maximum atomic E-state index is 12.7. The second kappa shape index (κ2) is 6.30. The van der Waals surface area contributed by atoms with Crippen LogP contribution in [0, 0.1) is 0 Å². The van der Waals surface area contributed by atoms with E-state index in [1.165, 1.54) is 0 Å². The largest absolute Gasteiger partial charge is 0.363 e. The summed E-state index contributed by atoms with van der Waals surface area (Å²) in [6.45, 7) is 4.20. The first kappa shape index (κ1) is 16.5. The van der Waals surface area contributed by atoms with Crippen LogP contribution in [0.4, 0.5) is 4.79 Å². The first-order valence-electron chi connectivity index (χ1n) is 8.59. The topological polar surface area (TPSA) is 85.5 Å². The zero-order valence-electron chi connectivity index (χ0n) is 14.2. The Bertz CT molecular complexity index is 636. The summed E-state index contributed by atoms with van der Waals surface area (Å²) < 4.78 is 0. The van der Waals surface area contributed by atoms with Crippen molar-refractivity contribution in [2.45, 2.75) is 51.1 Å². The van der Waals surface area contributed by atoms with Crippen molar-refractivity contribution in [2.24, 2.45) is 0 Å². The van der Waals surface area contributed by atoms with Crippen molar-refractivity contribution in [3.8, 4) is 0 Å². The van der Waals surface area contributed by atoms with Crippen LogP contribution in [-0.4, -0.2) is 51.3 Å². The molecular formula is C17H24N4O3. The highest BCUT2D eigenvalue weighted by atomic mass is 16.2. The van der Waals surface area contributed by atoms with Gasteiger partial charge in [-0.15, -0.1) is 0 Å². The minimum atomic E-state index is -0.860. The standard InChI is InChI=1S/C17H24N4O3/c1-3-17(4-2)15(23)21(16(24)19-17)11-14(22)20-10-6-8-13(20)12-7-5-9-18-12/h5,7,9,13,18H,3-4,6,8,10-11H2,1-2H3,(H,19,24)/t13-/m1/s1. The molecule has 0 aromatic carbocycles. The maximum absolute atomic E-state index is 12.7. The second-order valence-electron chi connectivity index (χ2n) is 6.48. The fraction of sp³-hybridized carbons (Fsp3) is 0.588. The first-order valence-corrected chi connectivity index (χ1v) is 8.59. The molecule has 2 fully saturated rings. The molecule has 2 aliphatic heterocycles. The van der Waals surface area contributed by atoms with Gasteiger partial charge in [-0.05, 0) is 37.8 Å². The zero-order chi connectivity index (χ0) is 17.3. The van der Waals surface area contributed by atoms with Crippen LogP contribution in [0.2, 0.25) is 0 Å². The number of imide groups is 1. The Kier molecular flexibility index (Phi) is 4.34. The number of nitrogens with zero attached hydrogens (tertiary/aromatic N) is 2. The van der Waals surface area contributed by atoms with E-state index in [2.05, 4.69) is 10.3 Å². The van der Waals surface area contributed by atoms with Gasteiger partial charge < -0.3 is 15.2 Å². The van der Waals surface area contributed by atoms with Gasteiger partial charge in [-0.3, -0.25) is 14.5 Å². The summed E-state index contributed by atoms with van der Waals surface area (Å²) in [6, 6.07) is 3.40. The lowest BCUT2D eigenvalue weighted by Gasteiger charge is -2.26. The molecule has 0 spiro atoms. The van der Waals surface area contributed by atoms with Crippen molar-refractivity contribution in [3.63, 3.8) is 0 Å². The lowest BCUT2D eigenvalue weighted by atomic mass is 9.93. The zero-order valence-corrected chi connectivity index (χ0v) is 14.2. The predicted octanol–water partition coefficient (Wildman–Crippen LogP) is 1.79. The van der Waals surface area contributed by atoms with Gasteiger partial charge in [0.25, 0.3) is 5.91 Å². The molecule has 0 aliphatic carbocycles. The molecule has 4 amide bonds. The van der Waals surface area contributed by atoms with Crippen molar-refractivity contribution in [2.75, 3.05) is 13.1 Å². The summed E-state index contributed by atoms with van der Waals surface area (Å²) in [7, 11) is 0. The average molecular weight is 332 g/mol. The van der Waals surface area contributed by atoms with E-state index in [1.807, 2.05) is 32.2 Å². The fourth-order valence-electron chi connectivity index (χ4n) is 3.72. The Labute approximate surface area is 141 Å². The number of amides is 4. The number of aromatic nitrogens is 1. The smallest absolute Gasteiger partial charge is 0.325 e. The van der Waals surface area contributed by atoms with Crippen LogP contribution < -0.4 is 5.32 Å². The highest BCUT2D eigenvalue weighted by molar-refractivity contribution is 6.09. The van der Waals surface area contributed by atoms with Gasteiger partial charge in [0.1, 0.15) is 12.1 Å². The summed E-state index contributed by atoms with van der Waals surface area (Å²) in [5.74, 6) is -0.472. The van der Waals surface area contributed by atoms with Gasteiger partial charge in [0.05, 0.1) is 6.04 Å². The van der Waals surface area contributed by atoms with Crippen molar-refractivity contribution in [1.29, 1.82) is 0 Å². The normalized spacial score (nSPS) is 23.0. The SMILES string of the molecule is CCC1(CC)NC(=O)N(CC(=O)N2CCC[C@@H]2c2ccc[nH]2)C1=O.